The van der Waals surface area contributed by atoms with Gasteiger partial charge in [-0.15, -0.1) is 0 Å². The number of methoxy groups -OCH3 is 3. The Labute approximate surface area is 253 Å². The molecule has 1 saturated heterocycles. The van der Waals surface area contributed by atoms with Crippen molar-refractivity contribution in [1.29, 1.82) is 0 Å². The van der Waals surface area contributed by atoms with Gasteiger partial charge in [0.1, 0.15) is 12.6 Å². The second kappa shape index (κ2) is 14.7. The van der Waals surface area contributed by atoms with Gasteiger partial charge in [-0.1, -0.05) is 31.4 Å². The van der Waals surface area contributed by atoms with Crippen LogP contribution in [-0.2, 0) is 14.3 Å². The molecule has 1 N–H and O–H groups in total. The van der Waals surface area contributed by atoms with Gasteiger partial charge in [-0.3, -0.25) is 14.5 Å². The molecule has 43 heavy (non-hydrogen) atoms. The first-order valence-electron chi connectivity index (χ1n) is 15.1. The van der Waals surface area contributed by atoms with Crippen LogP contribution in [0.15, 0.2) is 36.4 Å². The number of hydrogen-bond acceptors (Lipinski definition) is 9. The summed E-state index contributed by atoms with van der Waals surface area (Å²) in [6.07, 6.45) is 4.18. The van der Waals surface area contributed by atoms with Crippen molar-refractivity contribution in [2.75, 3.05) is 67.3 Å². The number of hydrogen-bond donors (Lipinski definition) is 1. The number of rotatable bonds is 11. The Hall–Kier alpha value is -3.70. The average molecular weight is 598 g/mol. The van der Waals surface area contributed by atoms with Gasteiger partial charge in [0.2, 0.25) is 17.8 Å². The number of ether oxygens (including phenoxy) is 6. The van der Waals surface area contributed by atoms with Crippen LogP contribution in [0.4, 0.5) is 0 Å². The normalized spacial score (nSPS) is 19.7. The number of carbonyl (C=O) groups excluding carboxylic acids is 2. The van der Waals surface area contributed by atoms with E-state index in [2.05, 4.69) is 10.2 Å². The van der Waals surface area contributed by atoms with Gasteiger partial charge in [-0.05, 0) is 42.7 Å². The van der Waals surface area contributed by atoms with Crippen molar-refractivity contribution in [3.63, 3.8) is 0 Å². The molecule has 0 bridgehead atoms. The zero-order chi connectivity index (χ0) is 30.2. The number of morpholine rings is 1. The molecule has 0 radical (unpaired) electrons. The smallest absolute Gasteiger partial charge is 0.268 e. The Bertz CT molecular complexity index is 1220. The summed E-state index contributed by atoms with van der Waals surface area (Å²) in [5.74, 6) is 1.71. The van der Waals surface area contributed by atoms with E-state index >= 15 is 0 Å². The van der Waals surface area contributed by atoms with Crippen LogP contribution in [0.1, 0.15) is 43.7 Å². The Morgan fingerprint density at radius 2 is 1.65 bits per heavy atom. The van der Waals surface area contributed by atoms with Crippen LogP contribution < -0.4 is 29.0 Å². The maximum absolute atomic E-state index is 14.4. The first-order valence-corrected chi connectivity index (χ1v) is 15.1. The summed E-state index contributed by atoms with van der Waals surface area (Å²) in [5.41, 5.74) is 0.551. The molecule has 2 atom stereocenters. The topological polar surface area (TPSA) is 108 Å². The van der Waals surface area contributed by atoms with E-state index in [1.165, 1.54) is 21.3 Å². The molecular formula is C32H43N3O8. The van der Waals surface area contributed by atoms with Crippen molar-refractivity contribution in [3.05, 3.63) is 42.0 Å². The number of nitrogens with zero attached hydrogens (tertiary/aromatic N) is 2. The summed E-state index contributed by atoms with van der Waals surface area (Å²) < 4.78 is 34.4. The number of fused-ring (bicyclic) bond motifs is 1. The maximum Gasteiger partial charge on any atom is 0.268 e. The molecule has 1 saturated carbocycles. The molecule has 11 nitrogen and oxygen atoms in total. The van der Waals surface area contributed by atoms with Crippen LogP contribution in [-0.4, -0.2) is 101 Å². The zero-order valence-corrected chi connectivity index (χ0v) is 25.3. The van der Waals surface area contributed by atoms with Crippen LogP contribution in [0.3, 0.4) is 0 Å². The molecular weight excluding hydrogens is 554 g/mol. The lowest BCUT2D eigenvalue weighted by atomic mass is 9.94. The molecule has 2 aromatic carbocycles. The van der Waals surface area contributed by atoms with Gasteiger partial charge < -0.3 is 38.6 Å². The van der Waals surface area contributed by atoms with E-state index in [-0.39, 0.29) is 24.5 Å². The summed E-state index contributed by atoms with van der Waals surface area (Å²) in [5, 5.41) is 3.26. The summed E-state index contributed by atoms with van der Waals surface area (Å²) in [4.78, 5) is 32.6. The molecule has 234 valence electrons. The van der Waals surface area contributed by atoms with E-state index in [4.69, 9.17) is 28.4 Å². The van der Waals surface area contributed by atoms with Crippen molar-refractivity contribution in [2.24, 2.45) is 0 Å². The number of carbonyl (C=O) groups is 2. The van der Waals surface area contributed by atoms with Crippen LogP contribution >= 0.6 is 0 Å². The van der Waals surface area contributed by atoms with Gasteiger partial charge in [0.05, 0.1) is 34.5 Å². The number of benzene rings is 2. The predicted octanol–water partition coefficient (Wildman–Crippen LogP) is 3.20. The standard InChI is InChI=1S/C32H43N3O8/c1-38-26-19-22(20-27(39-2)30(26)40-3)29(31(36)33-23-9-5-4-6-10-23)35(14-13-34-15-17-41-18-16-34)32(37)28-21-42-24-11-7-8-12-25(24)43-28/h7-8,11-12,19-20,23,28-29H,4-6,9-10,13-18,21H2,1-3H3,(H,33,36)/t28-,29+/m0/s1. The summed E-state index contributed by atoms with van der Waals surface area (Å²) in [7, 11) is 4.60. The maximum atomic E-state index is 14.4. The monoisotopic (exact) mass is 597 g/mol. The molecule has 2 heterocycles. The van der Waals surface area contributed by atoms with Crippen LogP contribution in [0.5, 0.6) is 28.7 Å². The Morgan fingerprint density at radius 1 is 0.977 bits per heavy atom. The molecule has 2 aliphatic heterocycles. The van der Waals surface area contributed by atoms with Crippen molar-refractivity contribution in [2.45, 2.75) is 50.3 Å². The highest BCUT2D eigenvalue weighted by Crippen LogP contribution is 2.41. The molecule has 11 heteroatoms. The molecule has 2 fully saturated rings. The third kappa shape index (κ3) is 7.27. The fraction of sp³-hybridized carbons (Fsp3) is 0.562. The molecule has 0 aromatic heterocycles. The zero-order valence-electron chi connectivity index (χ0n) is 25.3. The third-order valence-electron chi connectivity index (χ3n) is 8.34. The lowest BCUT2D eigenvalue weighted by molar-refractivity contribution is -0.149. The van der Waals surface area contributed by atoms with E-state index in [9.17, 15) is 9.59 Å². The van der Waals surface area contributed by atoms with E-state index < -0.39 is 12.1 Å². The first kappa shape index (κ1) is 30.7. The Morgan fingerprint density at radius 3 is 2.30 bits per heavy atom. The number of para-hydroxylation sites is 2. The van der Waals surface area contributed by atoms with Crippen molar-refractivity contribution in [1.82, 2.24) is 15.1 Å². The molecule has 1 aliphatic carbocycles. The van der Waals surface area contributed by atoms with Gasteiger partial charge in [0.15, 0.2) is 23.0 Å². The third-order valence-corrected chi connectivity index (χ3v) is 8.34. The molecule has 3 aliphatic rings. The summed E-state index contributed by atoms with van der Waals surface area (Å²) >= 11 is 0. The Kier molecular flexibility index (Phi) is 10.5. The molecule has 0 unspecified atom stereocenters. The predicted molar refractivity (Wildman–Crippen MR) is 159 cm³/mol. The van der Waals surface area contributed by atoms with Crippen LogP contribution in [0.2, 0.25) is 0 Å². The van der Waals surface area contributed by atoms with Crippen LogP contribution in [0.25, 0.3) is 0 Å². The minimum absolute atomic E-state index is 0.0378. The Balaban J connectivity index is 1.53. The highest BCUT2D eigenvalue weighted by atomic mass is 16.6. The first-order chi connectivity index (χ1) is 21.0. The lowest BCUT2D eigenvalue weighted by Crippen LogP contribution is -2.54. The molecule has 0 spiro atoms. The molecule has 5 rings (SSSR count). The highest BCUT2D eigenvalue weighted by molar-refractivity contribution is 5.91. The molecule has 2 aromatic rings. The van der Waals surface area contributed by atoms with E-state index in [0.717, 1.165) is 45.2 Å². The largest absolute Gasteiger partial charge is 0.493 e. The van der Waals surface area contributed by atoms with Gasteiger partial charge >= 0.3 is 0 Å². The second-order valence-electron chi connectivity index (χ2n) is 11.1. The summed E-state index contributed by atoms with van der Waals surface area (Å²) in [6.45, 7) is 3.65. The lowest BCUT2D eigenvalue weighted by Gasteiger charge is -2.38. The number of nitrogens with one attached hydrogen (secondary N) is 1. The minimum atomic E-state index is -0.982. The van der Waals surface area contributed by atoms with Gasteiger partial charge in [-0.2, -0.15) is 0 Å². The van der Waals surface area contributed by atoms with Crippen molar-refractivity contribution >= 4 is 11.8 Å². The van der Waals surface area contributed by atoms with Crippen LogP contribution in [0, 0.1) is 0 Å². The second-order valence-corrected chi connectivity index (χ2v) is 11.1. The minimum Gasteiger partial charge on any atom is -0.493 e. The fourth-order valence-electron chi connectivity index (χ4n) is 6.03. The fourth-order valence-corrected chi connectivity index (χ4v) is 6.03. The van der Waals surface area contributed by atoms with Crippen molar-refractivity contribution in [3.8, 4) is 28.7 Å². The average Bonchev–Trinajstić information content (AvgIpc) is 3.06. The van der Waals surface area contributed by atoms with Gasteiger partial charge in [-0.25, -0.2) is 0 Å². The quantitative estimate of drug-likeness (QED) is 0.418. The molecule has 2 amide bonds. The van der Waals surface area contributed by atoms with E-state index in [1.807, 2.05) is 18.2 Å². The van der Waals surface area contributed by atoms with Gasteiger partial charge in [0.25, 0.3) is 5.91 Å². The van der Waals surface area contributed by atoms with Gasteiger partial charge in [0, 0.05) is 32.2 Å². The van der Waals surface area contributed by atoms with Crippen molar-refractivity contribution < 1.29 is 38.0 Å². The van der Waals surface area contributed by atoms with E-state index in [0.29, 0.717) is 60.6 Å². The highest BCUT2D eigenvalue weighted by Gasteiger charge is 2.39. The number of amides is 2. The van der Waals surface area contributed by atoms with E-state index in [1.54, 1.807) is 23.1 Å². The summed E-state index contributed by atoms with van der Waals surface area (Å²) in [6, 6.07) is 9.83. The SMILES string of the molecule is COc1cc([C@H](C(=O)NC2CCCCC2)N(CCN2CCOCC2)C(=O)[C@@H]2COc3ccccc3O2)cc(OC)c1OC.